The van der Waals surface area contributed by atoms with E-state index < -0.39 is 0 Å². The first-order valence-corrected chi connectivity index (χ1v) is 8.60. The molecule has 136 valence electrons. The number of hydrogen-bond acceptors (Lipinski definition) is 5. The largest absolute Gasteiger partial charge is 0.497 e. The van der Waals surface area contributed by atoms with E-state index in [9.17, 15) is 0 Å². The first-order valence-electron chi connectivity index (χ1n) is 8.60. The van der Waals surface area contributed by atoms with Crippen molar-refractivity contribution < 1.29 is 9.26 Å². The molecule has 0 amide bonds. The lowest BCUT2D eigenvalue weighted by atomic mass is 10.2. The van der Waals surface area contributed by atoms with Crippen molar-refractivity contribution in [1.29, 1.82) is 0 Å². The van der Waals surface area contributed by atoms with Gasteiger partial charge in [0.2, 0.25) is 5.89 Å². The Labute approximate surface area is 148 Å². The number of hydrogen-bond donors (Lipinski definition) is 2. The summed E-state index contributed by atoms with van der Waals surface area (Å²) in [5.74, 6) is 3.25. The third kappa shape index (κ3) is 6.10. The molecular weight excluding hydrogens is 318 g/mol. The summed E-state index contributed by atoms with van der Waals surface area (Å²) in [4.78, 5) is 8.97. The van der Waals surface area contributed by atoms with Crippen LogP contribution in [0.15, 0.2) is 33.8 Å². The van der Waals surface area contributed by atoms with Gasteiger partial charge in [-0.25, -0.2) is 4.99 Å². The van der Waals surface area contributed by atoms with Crippen molar-refractivity contribution >= 4 is 5.96 Å². The molecule has 0 aliphatic rings. The van der Waals surface area contributed by atoms with Gasteiger partial charge in [0, 0.05) is 25.4 Å². The van der Waals surface area contributed by atoms with Crippen molar-refractivity contribution in [1.82, 2.24) is 20.8 Å². The number of benzene rings is 1. The van der Waals surface area contributed by atoms with Gasteiger partial charge in [0.05, 0.1) is 13.7 Å². The lowest BCUT2D eigenvalue weighted by Gasteiger charge is -2.10. The van der Waals surface area contributed by atoms with E-state index >= 15 is 0 Å². The van der Waals surface area contributed by atoms with Crippen molar-refractivity contribution in [3.05, 3.63) is 41.5 Å². The molecule has 1 aromatic carbocycles. The van der Waals surface area contributed by atoms with E-state index in [4.69, 9.17) is 9.26 Å². The number of nitrogens with one attached hydrogen (secondary N) is 2. The monoisotopic (exact) mass is 345 g/mol. The third-order valence-corrected chi connectivity index (χ3v) is 3.53. The van der Waals surface area contributed by atoms with Crippen molar-refractivity contribution in [2.24, 2.45) is 4.99 Å². The van der Waals surface area contributed by atoms with Gasteiger partial charge in [0.1, 0.15) is 5.75 Å². The van der Waals surface area contributed by atoms with E-state index in [-0.39, 0.29) is 5.92 Å². The quantitative estimate of drug-likeness (QED) is 0.565. The highest BCUT2D eigenvalue weighted by molar-refractivity contribution is 5.79. The topological polar surface area (TPSA) is 84.6 Å². The third-order valence-electron chi connectivity index (χ3n) is 3.53. The Morgan fingerprint density at radius 2 is 2.16 bits per heavy atom. The molecular formula is C18H27N5O2. The van der Waals surface area contributed by atoms with E-state index in [1.54, 1.807) is 7.11 Å². The van der Waals surface area contributed by atoms with E-state index in [0.29, 0.717) is 25.4 Å². The van der Waals surface area contributed by atoms with E-state index in [1.807, 2.05) is 45.0 Å². The maximum absolute atomic E-state index is 5.25. The highest BCUT2D eigenvalue weighted by Crippen LogP contribution is 2.13. The highest BCUT2D eigenvalue weighted by Gasteiger charge is 2.09. The second kappa shape index (κ2) is 9.66. The van der Waals surface area contributed by atoms with Crippen LogP contribution in [0.5, 0.6) is 5.75 Å². The lowest BCUT2D eigenvalue weighted by molar-refractivity contribution is 0.371. The zero-order valence-corrected chi connectivity index (χ0v) is 15.4. The highest BCUT2D eigenvalue weighted by atomic mass is 16.5. The molecule has 0 bridgehead atoms. The minimum Gasteiger partial charge on any atom is -0.497 e. The molecule has 0 unspecified atom stereocenters. The van der Waals surface area contributed by atoms with Crippen LogP contribution in [-0.2, 0) is 13.0 Å². The number of ether oxygens (including phenoxy) is 1. The van der Waals surface area contributed by atoms with Crippen LogP contribution in [0.2, 0.25) is 0 Å². The standard InChI is InChI=1S/C18H27N5O2/c1-5-19-18(21-12-14-7-6-8-15(11-14)24-4)20-10-9-16-22-17(13(2)3)23-25-16/h6-8,11,13H,5,9-10,12H2,1-4H3,(H2,19,20,21). The molecule has 1 aromatic heterocycles. The summed E-state index contributed by atoms with van der Waals surface area (Å²) in [5, 5.41) is 10.5. The van der Waals surface area contributed by atoms with Crippen molar-refractivity contribution in [3.63, 3.8) is 0 Å². The van der Waals surface area contributed by atoms with Gasteiger partial charge >= 0.3 is 0 Å². The molecule has 0 radical (unpaired) electrons. The smallest absolute Gasteiger partial charge is 0.228 e. The predicted molar refractivity (Wildman–Crippen MR) is 97.9 cm³/mol. The van der Waals surface area contributed by atoms with Crippen LogP contribution in [0, 0.1) is 0 Å². The van der Waals surface area contributed by atoms with Gasteiger partial charge in [-0.05, 0) is 24.6 Å². The SMILES string of the molecule is CCNC(=NCc1cccc(OC)c1)NCCc1nc(C(C)C)no1. The maximum Gasteiger partial charge on any atom is 0.228 e. The average molecular weight is 345 g/mol. The maximum atomic E-state index is 5.25. The summed E-state index contributed by atoms with van der Waals surface area (Å²) in [5.41, 5.74) is 1.09. The summed E-state index contributed by atoms with van der Waals surface area (Å²) < 4.78 is 10.5. The van der Waals surface area contributed by atoms with Gasteiger partial charge in [0.25, 0.3) is 0 Å². The Kier molecular flexibility index (Phi) is 7.25. The van der Waals surface area contributed by atoms with Crippen LogP contribution in [0.1, 0.15) is 44.0 Å². The fourth-order valence-corrected chi connectivity index (χ4v) is 2.17. The van der Waals surface area contributed by atoms with Gasteiger partial charge in [0.15, 0.2) is 11.8 Å². The Balaban J connectivity index is 1.88. The summed E-state index contributed by atoms with van der Waals surface area (Å²) in [6.07, 6.45) is 0.656. The molecule has 0 atom stereocenters. The van der Waals surface area contributed by atoms with Gasteiger partial charge < -0.3 is 19.9 Å². The summed E-state index contributed by atoms with van der Waals surface area (Å²) >= 11 is 0. The zero-order chi connectivity index (χ0) is 18.1. The minimum atomic E-state index is 0.271. The summed E-state index contributed by atoms with van der Waals surface area (Å²) in [6, 6.07) is 7.90. The lowest BCUT2D eigenvalue weighted by Crippen LogP contribution is -2.38. The van der Waals surface area contributed by atoms with Crippen molar-refractivity contribution in [2.45, 2.75) is 39.7 Å². The number of aromatic nitrogens is 2. The van der Waals surface area contributed by atoms with Crippen LogP contribution in [0.3, 0.4) is 0 Å². The summed E-state index contributed by atoms with van der Waals surface area (Å²) in [6.45, 7) is 8.16. The Hall–Kier alpha value is -2.57. The molecule has 7 heteroatoms. The van der Waals surface area contributed by atoms with Gasteiger partial charge in [-0.3, -0.25) is 0 Å². The molecule has 0 fully saturated rings. The Morgan fingerprint density at radius 1 is 1.32 bits per heavy atom. The number of methoxy groups -OCH3 is 1. The first kappa shape index (κ1) is 18.8. The van der Waals surface area contributed by atoms with E-state index in [1.165, 1.54) is 0 Å². The molecule has 1 heterocycles. The molecule has 2 aromatic rings. The molecule has 2 N–H and O–H groups in total. The fraction of sp³-hybridized carbons (Fsp3) is 0.500. The Bertz CT molecular complexity index is 682. The number of aliphatic imine (C=N–C) groups is 1. The number of guanidine groups is 1. The predicted octanol–water partition coefficient (Wildman–Crippen LogP) is 2.50. The van der Waals surface area contributed by atoms with E-state index in [2.05, 4.69) is 25.8 Å². The van der Waals surface area contributed by atoms with Crippen molar-refractivity contribution in [2.75, 3.05) is 20.2 Å². The van der Waals surface area contributed by atoms with Crippen LogP contribution < -0.4 is 15.4 Å². The minimum absolute atomic E-state index is 0.271. The zero-order valence-electron chi connectivity index (χ0n) is 15.4. The molecule has 2 rings (SSSR count). The molecule has 0 spiro atoms. The number of rotatable bonds is 8. The molecule has 0 aliphatic heterocycles. The normalized spacial score (nSPS) is 11.6. The Morgan fingerprint density at radius 3 is 2.84 bits per heavy atom. The van der Waals surface area contributed by atoms with Crippen LogP contribution >= 0.6 is 0 Å². The second-order valence-electron chi connectivity index (χ2n) is 5.92. The molecule has 7 nitrogen and oxygen atoms in total. The van der Waals surface area contributed by atoms with Crippen LogP contribution in [0.4, 0.5) is 0 Å². The molecule has 0 saturated heterocycles. The summed E-state index contributed by atoms with van der Waals surface area (Å²) in [7, 11) is 1.66. The molecule has 0 saturated carbocycles. The van der Waals surface area contributed by atoms with Gasteiger partial charge in [-0.1, -0.05) is 31.1 Å². The van der Waals surface area contributed by atoms with Gasteiger partial charge in [-0.15, -0.1) is 0 Å². The van der Waals surface area contributed by atoms with Crippen LogP contribution in [0.25, 0.3) is 0 Å². The van der Waals surface area contributed by atoms with Crippen LogP contribution in [-0.4, -0.2) is 36.3 Å². The van der Waals surface area contributed by atoms with Crippen molar-refractivity contribution in [3.8, 4) is 5.75 Å². The molecule has 0 aliphatic carbocycles. The average Bonchev–Trinajstić information content (AvgIpc) is 3.09. The van der Waals surface area contributed by atoms with E-state index in [0.717, 1.165) is 29.6 Å². The molecule has 25 heavy (non-hydrogen) atoms. The number of nitrogens with zero attached hydrogens (tertiary/aromatic N) is 3. The fourth-order valence-electron chi connectivity index (χ4n) is 2.17. The second-order valence-corrected chi connectivity index (χ2v) is 5.92. The first-order chi connectivity index (χ1) is 12.1. The van der Waals surface area contributed by atoms with Gasteiger partial charge in [-0.2, -0.15) is 4.98 Å².